The van der Waals surface area contributed by atoms with Crippen molar-refractivity contribution in [3.05, 3.63) is 48.5 Å². The maximum Gasteiger partial charge on any atom is 0.211 e. The third-order valence-corrected chi connectivity index (χ3v) is 4.55. The number of para-hydroxylation sites is 1. The molecule has 0 aliphatic heterocycles. The highest BCUT2D eigenvalue weighted by Crippen LogP contribution is 2.23. The number of benzene rings is 2. The highest BCUT2D eigenvalue weighted by molar-refractivity contribution is 7.99. The van der Waals surface area contributed by atoms with E-state index in [0.29, 0.717) is 11.8 Å². The molecule has 0 radical (unpaired) electrons. The summed E-state index contributed by atoms with van der Waals surface area (Å²) in [6.45, 7) is 0.561. The Hall–Kier alpha value is -2.80. The third-order valence-electron chi connectivity index (χ3n) is 3.75. The maximum atomic E-state index is 5.70. The van der Waals surface area contributed by atoms with Crippen LogP contribution >= 0.6 is 11.8 Å². The van der Waals surface area contributed by atoms with Crippen molar-refractivity contribution in [3.8, 4) is 11.5 Å². The predicted molar refractivity (Wildman–Crippen MR) is 98.4 cm³/mol. The Morgan fingerprint density at radius 3 is 2.64 bits per heavy atom. The van der Waals surface area contributed by atoms with E-state index in [0.717, 1.165) is 39.3 Å². The zero-order valence-corrected chi connectivity index (χ0v) is 14.4. The Bertz CT molecular complexity index is 1000. The van der Waals surface area contributed by atoms with Gasteiger partial charge in [0.2, 0.25) is 5.16 Å². The van der Waals surface area contributed by atoms with Gasteiger partial charge in [-0.15, -0.1) is 10.2 Å². The van der Waals surface area contributed by atoms with Crippen LogP contribution in [0.5, 0.6) is 11.5 Å². The molecule has 0 fully saturated rings. The highest BCUT2D eigenvalue weighted by atomic mass is 32.2. The average molecular weight is 352 g/mol. The summed E-state index contributed by atoms with van der Waals surface area (Å²) in [5.74, 6) is 2.36. The maximum absolute atomic E-state index is 5.70. The second kappa shape index (κ2) is 6.98. The van der Waals surface area contributed by atoms with Crippen molar-refractivity contribution < 1.29 is 9.47 Å². The summed E-state index contributed by atoms with van der Waals surface area (Å²) < 4.78 is 10.8. The van der Waals surface area contributed by atoms with E-state index in [1.54, 1.807) is 7.11 Å². The summed E-state index contributed by atoms with van der Waals surface area (Å²) in [6, 6.07) is 15.5. The molecule has 0 atom stereocenters. The lowest BCUT2D eigenvalue weighted by Crippen LogP contribution is -2.01. The fourth-order valence-corrected chi connectivity index (χ4v) is 3.14. The largest absolute Gasteiger partial charge is 0.497 e. The lowest BCUT2D eigenvalue weighted by Gasteiger charge is -2.06. The Morgan fingerprint density at radius 1 is 1.00 bits per heavy atom. The normalized spacial score (nSPS) is 11.1. The number of rotatable bonds is 6. The predicted octanol–water partition coefficient (Wildman–Crippen LogP) is 3.69. The molecule has 4 aromatic rings. The summed E-state index contributed by atoms with van der Waals surface area (Å²) >= 11 is 1.52. The molecular weight excluding hydrogens is 336 g/mol. The number of hydrogen-bond acceptors (Lipinski definition) is 6. The first-order chi connectivity index (χ1) is 12.3. The molecule has 4 rings (SSSR count). The van der Waals surface area contributed by atoms with Crippen LogP contribution in [0.25, 0.3) is 22.1 Å². The second-order valence-electron chi connectivity index (χ2n) is 5.33. The first-order valence-electron chi connectivity index (χ1n) is 7.84. The molecule has 0 spiro atoms. The number of aromatic nitrogens is 4. The van der Waals surface area contributed by atoms with E-state index >= 15 is 0 Å². The lowest BCUT2D eigenvalue weighted by molar-refractivity contribution is 0.342. The van der Waals surface area contributed by atoms with Gasteiger partial charge in [0.15, 0.2) is 5.65 Å². The van der Waals surface area contributed by atoms with Crippen LogP contribution in [-0.4, -0.2) is 39.6 Å². The molecule has 0 saturated carbocycles. The van der Waals surface area contributed by atoms with Gasteiger partial charge < -0.3 is 14.5 Å². The third kappa shape index (κ3) is 3.36. The fourth-order valence-electron chi connectivity index (χ4n) is 2.53. The van der Waals surface area contributed by atoms with Crippen molar-refractivity contribution >= 4 is 33.8 Å². The van der Waals surface area contributed by atoms with E-state index in [4.69, 9.17) is 9.47 Å². The fraction of sp³-hybridized carbons (Fsp3) is 0.167. The van der Waals surface area contributed by atoms with Gasteiger partial charge in [0, 0.05) is 16.7 Å². The van der Waals surface area contributed by atoms with Gasteiger partial charge in [0.05, 0.1) is 13.7 Å². The van der Waals surface area contributed by atoms with Gasteiger partial charge in [-0.3, -0.25) is 0 Å². The van der Waals surface area contributed by atoms with E-state index in [2.05, 4.69) is 20.2 Å². The van der Waals surface area contributed by atoms with Crippen LogP contribution in [-0.2, 0) is 0 Å². The molecule has 0 aliphatic carbocycles. The van der Waals surface area contributed by atoms with Crippen molar-refractivity contribution in [2.24, 2.45) is 0 Å². The summed E-state index contributed by atoms with van der Waals surface area (Å²) in [4.78, 5) is 7.82. The minimum absolute atomic E-state index is 0.561. The van der Waals surface area contributed by atoms with Crippen LogP contribution in [0, 0.1) is 0 Å². The molecular formula is C18H16N4O2S. The molecule has 2 heterocycles. The average Bonchev–Trinajstić information content (AvgIpc) is 3.03. The first-order valence-corrected chi connectivity index (χ1v) is 8.83. The van der Waals surface area contributed by atoms with Crippen LogP contribution < -0.4 is 9.47 Å². The molecule has 2 aromatic heterocycles. The number of hydrogen-bond donors (Lipinski definition) is 1. The summed E-state index contributed by atoms with van der Waals surface area (Å²) in [5, 5.41) is 10.2. The molecule has 0 unspecified atom stereocenters. The number of thioether (sulfide) groups is 1. The zero-order chi connectivity index (χ0) is 17.1. The second-order valence-corrected chi connectivity index (χ2v) is 6.40. The Kier molecular flexibility index (Phi) is 4.39. The van der Waals surface area contributed by atoms with Crippen molar-refractivity contribution in [2.75, 3.05) is 19.5 Å². The zero-order valence-electron chi connectivity index (χ0n) is 13.6. The van der Waals surface area contributed by atoms with Crippen molar-refractivity contribution in [2.45, 2.75) is 5.16 Å². The Balaban J connectivity index is 1.38. The van der Waals surface area contributed by atoms with Gasteiger partial charge in [0.1, 0.15) is 17.0 Å². The van der Waals surface area contributed by atoms with Crippen LogP contribution in [0.2, 0.25) is 0 Å². The number of nitrogens with zero attached hydrogens (tertiary/aromatic N) is 3. The SMILES string of the molecule is COc1ccc(OCCSc2nnc3c(n2)[nH]c2ccccc23)cc1. The van der Waals surface area contributed by atoms with E-state index in [9.17, 15) is 0 Å². The molecule has 25 heavy (non-hydrogen) atoms. The van der Waals surface area contributed by atoms with Gasteiger partial charge in [-0.2, -0.15) is 0 Å². The smallest absolute Gasteiger partial charge is 0.211 e. The summed E-state index contributed by atoms with van der Waals surface area (Å²) in [7, 11) is 1.64. The standard InChI is InChI=1S/C18H16N4O2S/c1-23-12-6-8-13(9-7-12)24-10-11-25-18-20-17-16(21-22-18)14-4-2-3-5-15(14)19-17/h2-9H,10-11H2,1H3,(H,19,20,22). The van der Waals surface area contributed by atoms with Crippen molar-refractivity contribution in [1.82, 2.24) is 20.2 Å². The minimum atomic E-state index is 0.561. The molecule has 7 heteroatoms. The van der Waals surface area contributed by atoms with E-state index < -0.39 is 0 Å². The quantitative estimate of drug-likeness (QED) is 0.421. The Labute approximate surface area is 148 Å². The van der Waals surface area contributed by atoms with E-state index in [1.807, 2.05) is 48.5 Å². The molecule has 0 amide bonds. The number of methoxy groups -OCH3 is 1. The van der Waals surface area contributed by atoms with Crippen LogP contribution in [0.1, 0.15) is 0 Å². The van der Waals surface area contributed by atoms with Crippen molar-refractivity contribution in [3.63, 3.8) is 0 Å². The number of ether oxygens (including phenoxy) is 2. The monoisotopic (exact) mass is 352 g/mol. The minimum Gasteiger partial charge on any atom is -0.497 e. The summed E-state index contributed by atoms with van der Waals surface area (Å²) in [5.41, 5.74) is 2.58. The summed E-state index contributed by atoms with van der Waals surface area (Å²) in [6.07, 6.45) is 0. The Morgan fingerprint density at radius 2 is 1.80 bits per heavy atom. The van der Waals surface area contributed by atoms with Gasteiger partial charge in [-0.05, 0) is 30.3 Å². The van der Waals surface area contributed by atoms with Crippen LogP contribution in [0.3, 0.4) is 0 Å². The van der Waals surface area contributed by atoms with Gasteiger partial charge in [-0.1, -0.05) is 30.0 Å². The van der Waals surface area contributed by atoms with Crippen molar-refractivity contribution in [1.29, 1.82) is 0 Å². The van der Waals surface area contributed by atoms with Crippen LogP contribution in [0.15, 0.2) is 53.7 Å². The topological polar surface area (TPSA) is 72.9 Å². The number of aromatic amines is 1. The molecule has 1 N–H and O–H groups in total. The van der Waals surface area contributed by atoms with E-state index in [1.165, 1.54) is 11.8 Å². The highest BCUT2D eigenvalue weighted by Gasteiger charge is 2.08. The molecule has 2 aromatic carbocycles. The molecule has 0 aliphatic rings. The molecule has 126 valence electrons. The van der Waals surface area contributed by atoms with E-state index in [-0.39, 0.29) is 0 Å². The number of fused-ring (bicyclic) bond motifs is 3. The van der Waals surface area contributed by atoms with Gasteiger partial charge in [0.25, 0.3) is 0 Å². The molecule has 6 nitrogen and oxygen atoms in total. The number of H-pyrrole nitrogens is 1. The first kappa shape index (κ1) is 15.7. The lowest BCUT2D eigenvalue weighted by atomic mass is 10.2. The van der Waals surface area contributed by atoms with Crippen LogP contribution in [0.4, 0.5) is 0 Å². The molecule has 0 bridgehead atoms. The van der Waals surface area contributed by atoms with Gasteiger partial charge >= 0.3 is 0 Å². The van der Waals surface area contributed by atoms with Gasteiger partial charge in [-0.25, -0.2) is 4.98 Å². The molecule has 0 saturated heterocycles. The number of nitrogens with one attached hydrogen (secondary N) is 1.